The van der Waals surface area contributed by atoms with Crippen LogP contribution in [0.1, 0.15) is 45.6 Å². The number of esters is 1. The van der Waals surface area contributed by atoms with E-state index in [0.717, 1.165) is 5.56 Å². The second-order valence-electron chi connectivity index (χ2n) is 9.12. The van der Waals surface area contributed by atoms with Crippen molar-refractivity contribution in [1.82, 2.24) is 10.2 Å². The molecule has 3 rings (SSSR count). The van der Waals surface area contributed by atoms with E-state index >= 15 is 0 Å². The smallest absolute Gasteiger partial charge is 0.408 e. The molecule has 0 bridgehead atoms. The van der Waals surface area contributed by atoms with Gasteiger partial charge < -0.3 is 19.7 Å². The number of azide groups is 1. The van der Waals surface area contributed by atoms with Crippen LogP contribution in [0.25, 0.3) is 10.4 Å². The lowest BCUT2D eigenvalue weighted by molar-refractivity contribution is -0.166. The molecule has 2 aliphatic heterocycles. The van der Waals surface area contributed by atoms with E-state index in [1.807, 2.05) is 30.3 Å². The summed E-state index contributed by atoms with van der Waals surface area (Å²) in [6, 6.07) is 7.35. The largest absolute Gasteiger partial charge is 0.458 e. The number of hydrogen-bond donors (Lipinski definition) is 1. The number of amides is 2. The topological polar surface area (TPSA) is 134 Å². The zero-order valence-corrected chi connectivity index (χ0v) is 18.6. The van der Waals surface area contributed by atoms with Crippen molar-refractivity contribution in [3.05, 3.63) is 46.3 Å². The minimum Gasteiger partial charge on any atom is -0.458 e. The zero-order chi connectivity index (χ0) is 23.3. The predicted molar refractivity (Wildman–Crippen MR) is 115 cm³/mol. The fourth-order valence-corrected chi connectivity index (χ4v) is 4.29. The summed E-state index contributed by atoms with van der Waals surface area (Å²) in [5.41, 5.74) is 8.88. The Morgan fingerprint density at radius 1 is 1.25 bits per heavy atom. The van der Waals surface area contributed by atoms with Crippen molar-refractivity contribution in [2.75, 3.05) is 6.54 Å². The van der Waals surface area contributed by atoms with E-state index in [0.29, 0.717) is 19.3 Å². The van der Waals surface area contributed by atoms with Crippen LogP contribution in [-0.2, 0) is 25.7 Å². The predicted octanol–water partition coefficient (Wildman–Crippen LogP) is 3.31. The van der Waals surface area contributed by atoms with Crippen molar-refractivity contribution < 1.29 is 23.9 Å². The molecule has 1 N–H and O–H groups in total. The highest BCUT2D eigenvalue weighted by atomic mass is 16.6. The molecule has 1 aromatic carbocycles. The van der Waals surface area contributed by atoms with Crippen LogP contribution in [-0.4, -0.2) is 53.1 Å². The number of benzene rings is 1. The Kier molecular flexibility index (Phi) is 7.25. The first kappa shape index (κ1) is 23.4. The maximum absolute atomic E-state index is 13.4. The first-order valence-corrected chi connectivity index (χ1v) is 10.7. The van der Waals surface area contributed by atoms with Crippen LogP contribution in [0, 0.1) is 5.92 Å². The Labute approximate surface area is 186 Å². The number of hydrogen-bond acceptors (Lipinski definition) is 6. The van der Waals surface area contributed by atoms with Gasteiger partial charge in [-0.05, 0) is 57.0 Å². The van der Waals surface area contributed by atoms with Gasteiger partial charge in [-0.25, -0.2) is 9.59 Å². The molecule has 2 fully saturated rings. The average Bonchev–Trinajstić information content (AvgIpc) is 3.17. The summed E-state index contributed by atoms with van der Waals surface area (Å²) in [7, 11) is 0. The van der Waals surface area contributed by atoms with E-state index in [2.05, 4.69) is 15.3 Å². The van der Waals surface area contributed by atoms with E-state index in [-0.39, 0.29) is 31.0 Å². The van der Waals surface area contributed by atoms with Gasteiger partial charge in [0.25, 0.3) is 0 Å². The van der Waals surface area contributed by atoms with Gasteiger partial charge in [-0.15, -0.1) is 0 Å². The Balaban J connectivity index is 1.72. The third-order valence-electron chi connectivity index (χ3n) is 5.61. The first-order valence-electron chi connectivity index (χ1n) is 10.7. The Hall–Kier alpha value is -3.26. The molecule has 32 heavy (non-hydrogen) atoms. The number of carbonyl (C=O) groups excluding carboxylic acids is 3. The summed E-state index contributed by atoms with van der Waals surface area (Å²) >= 11 is 0. The van der Waals surface area contributed by atoms with Gasteiger partial charge in [0.15, 0.2) is 0 Å². The van der Waals surface area contributed by atoms with Gasteiger partial charge in [0.05, 0.1) is 0 Å². The van der Waals surface area contributed by atoms with E-state index in [9.17, 15) is 14.4 Å². The third kappa shape index (κ3) is 5.70. The normalized spacial score (nSPS) is 24.8. The molecule has 4 atom stereocenters. The van der Waals surface area contributed by atoms with Gasteiger partial charge >= 0.3 is 12.1 Å². The minimum atomic E-state index is -0.955. The van der Waals surface area contributed by atoms with Crippen LogP contribution in [0.2, 0.25) is 0 Å². The third-order valence-corrected chi connectivity index (χ3v) is 5.61. The van der Waals surface area contributed by atoms with Gasteiger partial charge in [-0.2, -0.15) is 0 Å². The van der Waals surface area contributed by atoms with E-state index in [4.69, 9.17) is 15.0 Å². The summed E-state index contributed by atoms with van der Waals surface area (Å²) in [4.78, 5) is 42.9. The van der Waals surface area contributed by atoms with Gasteiger partial charge in [-0.3, -0.25) is 4.79 Å². The van der Waals surface area contributed by atoms with Crippen molar-refractivity contribution in [1.29, 1.82) is 0 Å². The number of rotatable bonds is 6. The van der Waals surface area contributed by atoms with Gasteiger partial charge in [-0.1, -0.05) is 35.4 Å². The maximum Gasteiger partial charge on any atom is 0.408 e. The molecule has 0 aliphatic carbocycles. The highest BCUT2D eigenvalue weighted by molar-refractivity contribution is 5.91. The average molecular weight is 444 g/mol. The summed E-state index contributed by atoms with van der Waals surface area (Å²) in [6.07, 6.45) is 0.899. The molecule has 172 valence electrons. The number of carbonyl (C=O) groups is 3. The molecule has 2 amide bonds. The molecule has 0 spiro atoms. The van der Waals surface area contributed by atoms with Crippen LogP contribution in [0.3, 0.4) is 0 Å². The lowest BCUT2D eigenvalue weighted by atomic mass is 9.86. The monoisotopic (exact) mass is 443 g/mol. The van der Waals surface area contributed by atoms with E-state index in [1.54, 1.807) is 20.8 Å². The number of piperidine rings is 1. The molecule has 2 aliphatic rings. The second-order valence-corrected chi connectivity index (χ2v) is 9.12. The molecule has 0 aromatic heterocycles. The molecular weight excluding hydrogens is 414 g/mol. The van der Waals surface area contributed by atoms with Gasteiger partial charge in [0, 0.05) is 17.5 Å². The van der Waals surface area contributed by atoms with Gasteiger partial charge in [0.2, 0.25) is 5.91 Å². The van der Waals surface area contributed by atoms with Gasteiger partial charge in [0.1, 0.15) is 24.3 Å². The number of fused-ring (bicyclic) bond motifs is 1. The lowest BCUT2D eigenvalue weighted by Gasteiger charge is -2.41. The molecule has 2 heterocycles. The highest BCUT2D eigenvalue weighted by Crippen LogP contribution is 2.36. The molecule has 1 aromatic rings. The van der Waals surface area contributed by atoms with Crippen LogP contribution >= 0.6 is 0 Å². The van der Waals surface area contributed by atoms with Crippen molar-refractivity contribution in [3.63, 3.8) is 0 Å². The van der Waals surface area contributed by atoms with E-state index in [1.165, 1.54) is 4.90 Å². The van der Waals surface area contributed by atoms with Crippen LogP contribution in [0.4, 0.5) is 4.79 Å². The Morgan fingerprint density at radius 2 is 1.97 bits per heavy atom. The number of nitrogens with zero attached hydrogens (tertiary/aromatic N) is 4. The standard InChI is InChI=1S/C22H29N5O5/c1-22(2,3)32-20(29)17-10-9-16-11-15(12-24-26-23)18(19(28)27(16)17)25-21(30)31-13-14-7-5-4-6-8-14/h4-8,15-18H,9-13H2,1-3H3,(H,25,30)/t15-,16-,17-,18+/m0/s1. The van der Waals surface area contributed by atoms with Crippen LogP contribution in [0.5, 0.6) is 0 Å². The van der Waals surface area contributed by atoms with Crippen LogP contribution in [0.15, 0.2) is 35.4 Å². The number of alkyl carbamates (subject to hydrolysis) is 1. The molecule has 10 nitrogen and oxygen atoms in total. The zero-order valence-electron chi connectivity index (χ0n) is 18.6. The quantitative estimate of drug-likeness (QED) is 0.312. The Bertz CT molecular complexity index is 894. The lowest BCUT2D eigenvalue weighted by Crippen LogP contribution is -2.62. The summed E-state index contributed by atoms with van der Waals surface area (Å²) in [5, 5.41) is 6.25. The molecule has 0 saturated carbocycles. The van der Waals surface area contributed by atoms with Crippen molar-refractivity contribution in [2.45, 2.75) is 70.4 Å². The Morgan fingerprint density at radius 3 is 2.62 bits per heavy atom. The summed E-state index contributed by atoms with van der Waals surface area (Å²) < 4.78 is 10.8. The van der Waals surface area contributed by atoms with E-state index < -0.39 is 29.7 Å². The number of ether oxygens (including phenoxy) is 2. The molecule has 10 heteroatoms. The molecule has 0 radical (unpaired) electrons. The van der Waals surface area contributed by atoms with Crippen molar-refractivity contribution in [3.8, 4) is 0 Å². The first-order chi connectivity index (χ1) is 15.2. The van der Waals surface area contributed by atoms with Crippen molar-refractivity contribution >= 4 is 18.0 Å². The maximum atomic E-state index is 13.4. The minimum absolute atomic E-state index is 0.0570. The second kappa shape index (κ2) is 9.91. The molecular formula is C22H29N5O5. The summed E-state index contributed by atoms with van der Waals surface area (Å²) in [5.74, 6) is -1.22. The number of nitrogens with one attached hydrogen (secondary N) is 1. The SMILES string of the molecule is CC(C)(C)OC(=O)[C@@H]1CC[C@H]2C[C@@H](CN=[N+]=[N-])[C@@H](NC(=O)OCc3ccccc3)C(=O)N21. The fraction of sp³-hybridized carbons (Fsp3) is 0.591. The molecule has 0 unspecified atom stereocenters. The molecule has 2 saturated heterocycles. The summed E-state index contributed by atoms with van der Waals surface area (Å²) in [6.45, 7) is 5.45. The van der Waals surface area contributed by atoms with Crippen molar-refractivity contribution in [2.24, 2.45) is 11.0 Å². The highest BCUT2D eigenvalue weighted by Gasteiger charge is 2.50. The van der Waals surface area contributed by atoms with Crippen LogP contribution < -0.4 is 5.32 Å². The fourth-order valence-electron chi connectivity index (χ4n) is 4.29.